The third-order valence-electron chi connectivity index (χ3n) is 6.77. The molecule has 0 saturated heterocycles. The first kappa shape index (κ1) is 33.4. The summed E-state index contributed by atoms with van der Waals surface area (Å²) >= 11 is 9.42. The highest BCUT2D eigenvalue weighted by atomic mass is 79.9. The predicted octanol–water partition coefficient (Wildman–Crippen LogP) is 6.42. The van der Waals surface area contributed by atoms with Gasteiger partial charge in [-0.05, 0) is 92.9 Å². The average Bonchev–Trinajstić information content (AvgIpc) is 2.97. The van der Waals surface area contributed by atoms with Crippen molar-refractivity contribution in [1.29, 1.82) is 0 Å². The number of hydrogen-bond donors (Lipinski definition) is 1. The lowest BCUT2D eigenvalue weighted by atomic mass is 10.1. The minimum atomic E-state index is -4.17. The first-order chi connectivity index (χ1) is 20.0. The van der Waals surface area contributed by atoms with Crippen LogP contribution in [0.5, 0.6) is 5.75 Å². The van der Waals surface area contributed by atoms with Gasteiger partial charge in [0.15, 0.2) is 0 Å². The van der Waals surface area contributed by atoms with E-state index in [0.717, 1.165) is 20.8 Å². The molecule has 0 bridgehead atoms. The average molecular weight is 679 g/mol. The van der Waals surface area contributed by atoms with Crippen molar-refractivity contribution in [2.75, 3.05) is 17.5 Å². The molecule has 8 nitrogen and oxygen atoms in total. The van der Waals surface area contributed by atoms with Crippen LogP contribution in [-0.2, 0) is 26.2 Å². The number of sulfonamides is 1. The Hall–Kier alpha value is -3.08. The van der Waals surface area contributed by atoms with E-state index in [2.05, 4.69) is 21.2 Å². The second-order valence-corrected chi connectivity index (χ2v) is 13.0. The first-order valence-electron chi connectivity index (χ1n) is 13.9. The summed E-state index contributed by atoms with van der Waals surface area (Å²) in [5, 5.41) is 3.51. The van der Waals surface area contributed by atoms with Crippen LogP contribution in [0.25, 0.3) is 0 Å². The van der Waals surface area contributed by atoms with Crippen molar-refractivity contribution in [3.05, 3.63) is 87.9 Å². The Kier molecular flexibility index (Phi) is 12.3. The molecular formula is C31H37BrClN3O5S. The van der Waals surface area contributed by atoms with Crippen molar-refractivity contribution in [2.24, 2.45) is 0 Å². The second kappa shape index (κ2) is 15.4. The van der Waals surface area contributed by atoms with Crippen molar-refractivity contribution in [2.45, 2.75) is 64.1 Å². The van der Waals surface area contributed by atoms with Crippen LogP contribution in [0, 0.1) is 0 Å². The molecule has 226 valence electrons. The van der Waals surface area contributed by atoms with Crippen LogP contribution in [0.2, 0.25) is 5.02 Å². The lowest BCUT2D eigenvalue weighted by Gasteiger charge is -2.33. The van der Waals surface area contributed by atoms with E-state index in [1.807, 2.05) is 27.7 Å². The van der Waals surface area contributed by atoms with Gasteiger partial charge in [-0.15, -0.1) is 0 Å². The quantitative estimate of drug-likeness (QED) is 0.212. The third-order valence-corrected chi connectivity index (χ3v) is 9.34. The number of anilines is 1. The molecule has 1 N–H and O–H groups in total. The lowest BCUT2D eigenvalue weighted by Crippen LogP contribution is -2.53. The van der Waals surface area contributed by atoms with Gasteiger partial charge >= 0.3 is 0 Å². The highest BCUT2D eigenvalue weighted by molar-refractivity contribution is 9.10. The van der Waals surface area contributed by atoms with Crippen LogP contribution in [0.4, 0.5) is 5.69 Å². The molecule has 0 radical (unpaired) electrons. The van der Waals surface area contributed by atoms with E-state index in [0.29, 0.717) is 29.5 Å². The summed E-state index contributed by atoms with van der Waals surface area (Å²) in [7, 11) is -4.17. The van der Waals surface area contributed by atoms with E-state index in [1.165, 1.54) is 17.0 Å². The molecule has 3 rings (SSSR count). The summed E-state index contributed by atoms with van der Waals surface area (Å²) in [5.41, 5.74) is 1.05. The zero-order valence-electron chi connectivity index (χ0n) is 24.2. The van der Waals surface area contributed by atoms with E-state index < -0.39 is 28.5 Å². The van der Waals surface area contributed by atoms with Crippen molar-refractivity contribution >= 4 is 55.1 Å². The minimum Gasteiger partial charge on any atom is -0.494 e. The first-order valence-corrected chi connectivity index (χ1v) is 16.5. The molecule has 2 atom stereocenters. The molecule has 3 aromatic carbocycles. The monoisotopic (exact) mass is 677 g/mol. The molecule has 0 aliphatic rings. The molecule has 2 amide bonds. The fraction of sp³-hybridized carbons (Fsp3) is 0.355. The Bertz CT molecular complexity index is 1430. The Balaban J connectivity index is 2.05. The van der Waals surface area contributed by atoms with E-state index in [1.54, 1.807) is 60.7 Å². The van der Waals surface area contributed by atoms with Crippen LogP contribution in [0.15, 0.2) is 82.2 Å². The number of amides is 2. The molecule has 42 heavy (non-hydrogen) atoms. The largest absolute Gasteiger partial charge is 0.494 e. The van der Waals surface area contributed by atoms with Crippen molar-refractivity contribution in [3.63, 3.8) is 0 Å². The van der Waals surface area contributed by atoms with Gasteiger partial charge in [-0.25, -0.2) is 8.42 Å². The summed E-state index contributed by atoms with van der Waals surface area (Å²) in [4.78, 5) is 29.0. The van der Waals surface area contributed by atoms with Gasteiger partial charge in [-0.2, -0.15) is 0 Å². The maximum Gasteiger partial charge on any atom is 0.264 e. The molecule has 0 aliphatic heterocycles. The minimum absolute atomic E-state index is 0.0261. The van der Waals surface area contributed by atoms with Gasteiger partial charge in [0.2, 0.25) is 11.8 Å². The maximum absolute atomic E-state index is 14.1. The maximum atomic E-state index is 14.1. The van der Waals surface area contributed by atoms with Gasteiger partial charge in [0.05, 0.1) is 17.2 Å². The lowest BCUT2D eigenvalue weighted by molar-refractivity contribution is -0.140. The molecule has 0 aromatic heterocycles. The van der Waals surface area contributed by atoms with Gasteiger partial charge in [0.25, 0.3) is 10.0 Å². The summed E-state index contributed by atoms with van der Waals surface area (Å²) in [6.07, 6.45) is 1.06. The summed E-state index contributed by atoms with van der Waals surface area (Å²) in [6.45, 7) is 7.57. The number of carbonyl (C=O) groups excluding carboxylic acids is 2. The van der Waals surface area contributed by atoms with Crippen LogP contribution >= 0.6 is 27.5 Å². The number of ether oxygens (including phenoxy) is 1. The molecule has 0 heterocycles. The van der Waals surface area contributed by atoms with E-state index >= 15 is 0 Å². The Labute approximate surface area is 262 Å². The van der Waals surface area contributed by atoms with Crippen LogP contribution in [-0.4, -0.2) is 50.4 Å². The Morgan fingerprint density at radius 1 is 0.929 bits per heavy atom. The van der Waals surface area contributed by atoms with E-state index in [-0.39, 0.29) is 23.4 Å². The van der Waals surface area contributed by atoms with Gasteiger partial charge in [-0.3, -0.25) is 13.9 Å². The van der Waals surface area contributed by atoms with Gasteiger partial charge in [-0.1, -0.05) is 53.5 Å². The number of halogens is 2. The molecule has 0 unspecified atom stereocenters. The number of benzene rings is 3. The van der Waals surface area contributed by atoms with Crippen molar-refractivity contribution in [3.8, 4) is 5.75 Å². The summed E-state index contributed by atoms with van der Waals surface area (Å²) in [5.74, 6) is -0.242. The number of hydrogen-bond acceptors (Lipinski definition) is 5. The van der Waals surface area contributed by atoms with Crippen molar-refractivity contribution in [1.82, 2.24) is 10.2 Å². The summed E-state index contributed by atoms with van der Waals surface area (Å²) in [6, 6.07) is 18.8. The number of nitrogens with zero attached hydrogens (tertiary/aromatic N) is 2. The Morgan fingerprint density at radius 3 is 2.10 bits per heavy atom. The smallest absolute Gasteiger partial charge is 0.264 e. The normalized spacial score (nSPS) is 12.7. The molecule has 0 aliphatic carbocycles. The standard InChI is InChI=1S/C31H37BrClN3O5S/c1-5-22(4)34-31(38)29(6-2)35(20-23-8-12-25(33)13-9-23)30(37)21-36(26-14-16-27(17-15-26)41-7-3)42(39,40)28-18-10-24(32)11-19-28/h8-19,22,29H,5-7,20-21H2,1-4H3,(H,34,38)/t22-,29-/m0/s1. The summed E-state index contributed by atoms with van der Waals surface area (Å²) < 4.78 is 35.3. The second-order valence-electron chi connectivity index (χ2n) is 9.78. The third kappa shape index (κ3) is 8.72. The topological polar surface area (TPSA) is 96.0 Å². The molecule has 3 aromatic rings. The highest BCUT2D eigenvalue weighted by Gasteiger charge is 2.34. The van der Waals surface area contributed by atoms with Crippen molar-refractivity contribution < 1.29 is 22.7 Å². The molecular weight excluding hydrogens is 642 g/mol. The zero-order chi connectivity index (χ0) is 30.9. The zero-order valence-corrected chi connectivity index (χ0v) is 27.4. The van der Waals surface area contributed by atoms with Gasteiger partial charge in [0, 0.05) is 22.1 Å². The van der Waals surface area contributed by atoms with Crippen LogP contribution < -0.4 is 14.4 Å². The predicted molar refractivity (Wildman–Crippen MR) is 170 cm³/mol. The Morgan fingerprint density at radius 2 is 1.55 bits per heavy atom. The molecule has 11 heteroatoms. The fourth-order valence-corrected chi connectivity index (χ4v) is 6.09. The van der Waals surface area contributed by atoms with Gasteiger partial charge in [0.1, 0.15) is 18.3 Å². The fourth-order valence-electron chi connectivity index (χ4n) is 4.28. The van der Waals surface area contributed by atoms with Crippen LogP contribution in [0.3, 0.4) is 0 Å². The number of rotatable bonds is 14. The number of carbonyl (C=O) groups is 2. The molecule has 0 saturated carbocycles. The highest BCUT2D eigenvalue weighted by Crippen LogP contribution is 2.28. The SMILES string of the molecule is CCOc1ccc(N(CC(=O)N(Cc2ccc(Cl)cc2)[C@@H](CC)C(=O)N[C@@H](C)CC)S(=O)(=O)c2ccc(Br)cc2)cc1. The van der Waals surface area contributed by atoms with E-state index in [9.17, 15) is 18.0 Å². The van der Waals surface area contributed by atoms with E-state index in [4.69, 9.17) is 16.3 Å². The number of nitrogens with one attached hydrogen (secondary N) is 1. The molecule has 0 fully saturated rings. The van der Waals surface area contributed by atoms with Crippen LogP contribution in [0.1, 0.15) is 46.1 Å². The van der Waals surface area contributed by atoms with Gasteiger partial charge < -0.3 is 15.0 Å². The molecule has 0 spiro atoms.